The fourth-order valence-corrected chi connectivity index (χ4v) is 1.73. The van der Waals surface area contributed by atoms with E-state index in [1.807, 2.05) is 0 Å². The Hall–Kier alpha value is -3.15. The van der Waals surface area contributed by atoms with Gasteiger partial charge in [-0.05, 0) is 26.0 Å². The Morgan fingerprint density at radius 3 is 1.88 bits per heavy atom. The van der Waals surface area contributed by atoms with Crippen LogP contribution in [0.2, 0.25) is 0 Å². The molecular formula is C18H18O6. The highest BCUT2D eigenvalue weighted by atomic mass is 16.5. The van der Waals surface area contributed by atoms with Crippen molar-refractivity contribution in [3.63, 3.8) is 0 Å². The van der Waals surface area contributed by atoms with Gasteiger partial charge in [0.25, 0.3) is 0 Å². The fraction of sp³-hybridized carbons (Fsp3) is 0.167. The first-order valence-electron chi connectivity index (χ1n) is 7.01. The summed E-state index contributed by atoms with van der Waals surface area (Å²) >= 11 is 0. The van der Waals surface area contributed by atoms with E-state index >= 15 is 0 Å². The zero-order valence-electron chi connectivity index (χ0n) is 13.4. The van der Waals surface area contributed by atoms with Gasteiger partial charge in [0.15, 0.2) is 0 Å². The highest BCUT2D eigenvalue weighted by Gasteiger charge is 2.20. The molecule has 0 saturated heterocycles. The average molecular weight is 330 g/mol. The van der Waals surface area contributed by atoms with E-state index in [0.29, 0.717) is 5.75 Å². The number of carbonyl (C=O) groups is 3. The standard InChI is InChI=1S/C18H18O6/c1-11(16(19)20)9-14(10-12(2)17(21)22)13(3)18(23)24-15-7-5-4-6-8-15/h4-10,14H,3H2,1-2H3,(H,19,20)(H,21,22). The van der Waals surface area contributed by atoms with Crippen LogP contribution in [0, 0.1) is 5.92 Å². The van der Waals surface area contributed by atoms with Gasteiger partial charge in [0, 0.05) is 22.6 Å². The zero-order valence-corrected chi connectivity index (χ0v) is 13.4. The molecule has 0 atom stereocenters. The number of rotatable bonds is 7. The molecule has 1 aromatic carbocycles. The lowest BCUT2D eigenvalue weighted by molar-refractivity contribution is -0.133. The van der Waals surface area contributed by atoms with Crippen LogP contribution in [0.3, 0.4) is 0 Å². The van der Waals surface area contributed by atoms with Gasteiger partial charge in [-0.25, -0.2) is 14.4 Å². The van der Waals surface area contributed by atoms with Crippen LogP contribution in [-0.4, -0.2) is 28.1 Å². The number of benzene rings is 1. The van der Waals surface area contributed by atoms with Crippen molar-refractivity contribution in [3.05, 3.63) is 65.8 Å². The van der Waals surface area contributed by atoms with E-state index in [1.54, 1.807) is 30.3 Å². The molecule has 6 heteroatoms. The second-order valence-electron chi connectivity index (χ2n) is 5.06. The van der Waals surface area contributed by atoms with Crippen molar-refractivity contribution in [3.8, 4) is 5.75 Å². The number of allylic oxidation sites excluding steroid dienone is 2. The normalized spacial score (nSPS) is 13.1. The first-order chi connectivity index (χ1) is 11.2. The van der Waals surface area contributed by atoms with Gasteiger partial charge in [-0.3, -0.25) is 0 Å². The molecule has 0 aromatic heterocycles. The van der Waals surface area contributed by atoms with Crippen LogP contribution in [-0.2, 0) is 14.4 Å². The van der Waals surface area contributed by atoms with Crippen LogP contribution in [0.15, 0.2) is 65.8 Å². The van der Waals surface area contributed by atoms with E-state index in [-0.39, 0.29) is 16.7 Å². The molecule has 0 aliphatic heterocycles. The van der Waals surface area contributed by atoms with Gasteiger partial charge >= 0.3 is 17.9 Å². The number of carboxylic acids is 2. The van der Waals surface area contributed by atoms with Crippen LogP contribution in [0.1, 0.15) is 13.8 Å². The Balaban J connectivity index is 3.09. The Labute approximate surface area is 139 Å². The van der Waals surface area contributed by atoms with Crippen LogP contribution in [0.25, 0.3) is 0 Å². The number of carboxylic acid groups (broad SMARTS) is 2. The number of hydrogen-bond donors (Lipinski definition) is 2. The van der Waals surface area contributed by atoms with Gasteiger partial charge in [-0.2, -0.15) is 0 Å². The van der Waals surface area contributed by atoms with Crippen molar-refractivity contribution in [2.24, 2.45) is 5.92 Å². The molecule has 0 radical (unpaired) electrons. The van der Waals surface area contributed by atoms with E-state index in [2.05, 4.69) is 6.58 Å². The van der Waals surface area contributed by atoms with Crippen LogP contribution < -0.4 is 4.74 Å². The topological polar surface area (TPSA) is 101 Å². The van der Waals surface area contributed by atoms with Crippen LogP contribution in [0.5, 0.6) is 5.75 Å². The molecule has 0 spiro atoms. The van der Waals surface area contributed by atoms with Crippen molar-refractivity contribution in [2.75, 3.05) is 0 Å². The van der Waals surface area contributed by atoms with Gasteiger partial charge < -0.3 is 14.9 Å². The largest absolute Gasteiger partial charge is 0.478 e. The van der Waals surface area contributed by atoms with Crippen molar-refractivity contribution in [1.82, 2.24) is 0 Å². The SMILES string of the molecule is C=C(C(=O)Oc1ccccc1)C(C=C(C)C(=O)O)C=C(C)C(=O)O. The number of aliphatic carboxylic acids is 2. The predicted molar refractivity (Wildman–Crippen MR) is 87.5 cm³/mol. The minimum absolute atomic E-state index is 0.0388. The van der Waals surface area contributed by atoms with Gasteiger partial charge in [-0.1, -0.05) is 36.9 Å². The monoisotopic (exact) mass is 330 g/mol. The molecule has 0 heterocycles. The second kappa shape index (κ2) is 8.47. The highest BCUT2D eigenvalue weighted by Crippen LogP contribution is 2.20. The quantitative estimate of drug-likeness (QED) is 0.453. The lowest BCUT2D eigenvalue weighted by Crippen LogP contribution is -2.17. The lowest BCUT2D eigenvalue weighted by atomic mass is 9.95. The number of ether oxygens (including phenoxy) is 1. The number of esters is 1. The van der Waals surface area contributed by atoms with Gasteiger partial charge in [-0.15, -0.1) is 0 Å². The van der Waals surface area contributed by atoms with Crippen molar-refractivity contribution >= 4 is 17.9 Å². The van der Waals surface area contributed by atoms with Crippen molar-refractivity contribution in [2.45, 2.75) is 13.8 Å². The Morgan fingerprint density at radius 1 is 1.00 bits per heavy atom. The maximum atomic E-state index is 12.2. The maximum Gasteiger partial charge on any atom is 0.339 e. The molecule has 0 amide bonds. The van der Waals surface area contributed by atoms with Gasteiger partial charge in [0.05, 0.1) is 0 Å². The Kier molecular flexibility index (Phi) is 6.67. The zero-order chi connectivity index (χ0) is 18.3. The smallest absolute Gasteiger partial charge is 0.339 e. The molecule has 1 aromatic rings. The highest BCUT2D eigenvalue weighted by molar-refractivity contribution is 5.93. The molecule has 1 rings (SSSR count). The van der Waals surface area contributed by atoms with E-state index in [9.17, 15) is 14.4 Å². The van der Waals surface area contributed by atoms with E-state index < -0.39 is 23.8 Å². The third kappa shape index (κ3) is 5.57. The van der Waals surface area contributed by atoms with E-state index in [1.165, 1.54) is 26.0 Å². The summed E-state index contributed by atoms with van der Waals surface area (Å²) in [7, 11) is 0. The first kappa shape index (κ1) is 18.9. The predicted octanol–water partition coefficient (Wildman–Crippen LogP) is 2.83. The first-order valence-corrected chi connectivity index (χ1v) is 7.01. The van der Waals surface area contributed by atoms with Crippen molar-refractivity contribution in [1.29, 1.82) is 0 Å². The molecule has 24 heavy (non-hydrogen) atoms. The van der Waals surface area contributed by atoms with Crippen LogP contribution >= 0.6 is 0 Å². The van der Waals surface area contributed by atoms with Crippen molar-refractivity contribution < 1.29 is 29.3 Å². The summed E-state index contributed by atoms with van der Waals surface area (Å²) in [6, 6.07) is 8.29. The molecule has 0 fully saturated rings. The minimum Gasteiger partial charge on any atom is -0.478 e. The molecule has 126 valence electrons. The molecule has 6 nitrogen and oxygen atoms in total. The Bertz CT molecular complexity index is 682. The molecule has 0 aliphatic rings. The van der Waals surface area contributed by atoms with E-state index in [4.69, 9.17) is 14.9 Å². The van der Waals surface area contributed by atoms with E-state index in [0.717, 1.165) is 0 Å². The number of hydrogen-bond acceptors (Lipinski definition) is 4. The molecule has 0 unspecified atom stereocenters. The summed E-state index contributed by atoms with van der Waals surface area (Å²) in [4.78, 5) is 34.2. The maximum absolute atomic E-state index is 12.2. The summed E-state index contributed by atoms with van der Waals surface area (Å²) in [6.45, 7) is 6.31. The third-order valence-corrected chi connectivity index (χ3v) is 3.15. The fourth-order valence-electron chi connectivity index (χ4n) is 1.73. The molecule has 0 saturated carbocycles. The van der Waals surface area contributed by atoms with Gasteiger partial charge in [0.2, 0.25) is 0 Å². The number of para-hydroxylation sites is 1. The third-order valence-electron chi connectivity index (χ3n) is 3.15. The molecular weight excluding hydrogens is 312 g/mol. The molecule has 0 aliphatic carbocycles. The summed E-state index contributed by atoms with van der Waals surface area (Å²) in [6.07, 6.45) is 2.51. The minimum atomic E-state index is -1.18. The summed E-state index contributed by atoms with van der Waals surface area (Å²) in [5, 5.41) is 18.0. The summed E-state index contributed by atoms with van der Waals surface area (Å²) in [5.41, 5.74) is -0.147. The lowest BCUT2D eigenvalue weighted by Gasteiger charge is -2.13. The van der Waals surface area contributed by atoms with Gasteiger partial charge in [0.1, 0.15) is 5.75 Å². The molecule has 0 bridgehead atoms. The Morgan fingerprint density at radius 2 is 1.46 bits per heavy atom. The summed E-state index contributed by atoms with van der Waals surface area (Å²) < 4.78 is 5.15. The average Bonchev–Trinajstić information content (AvgIpc) is 2.53. The molecule has 2 N–H and O–H groups in total. The number of carbonyl (C=O) groups excluding carboxylic acids is 1. The second-order valence-corrected chi connectivity index (χ2v) is 5.06. The van der Waals surface area contributed by atoms with Crippen LogP contribution in [0.4, 0.5) is 0 Å². The summed E-state index contributed by atoms with van der Waals surface area (Å²) in [5.74, 6) is -3.72.